The second-order valence-electron chi connectivity index (χ2n) is 5.44. The van der Waals surface area contributed by atoms with Gasteiger partial charge >= 0.3 is 5.97 Å². The van der Waals surface area contributed by atoms with Crippen LogP contribution in [0.2, 0.25) is 0 Å². The maximum atomic E-state index is 11.4. The first kappa shape index (κ1) is 18.2. The van der Waals surface area contributed by atoms with Gasteiger partial charge in [-0.25, -0.2) is 9.78 Å². The zero-order valence-corrected chi connectivity index (χ0v) is 15.1. The molecule has 0 atom stereocenters. The van der Waals surface area contributed by atoms with Gasteiger partial charge in [0.2, 0.25) is 0 Å². The topological polar surface area (TPSA) is 71.9 Å². The molecule has 0 unspecified atom stereocenters. The van der Waals surface area contributed by atoms with E-state index in [2.05, 4.69) is 4.98 Å². The molecule has 0 saturated heterocycles. The van der Waals surface area contributed by atoms with Crippen LogP contribution in [0.3, 0.4) is 0 Å². The summed E-state index contributed by atoms with van der Waals surface area (Å²) in [5.74, 6) is 0.250. The van der Waals surface area contributed by atoms with Crippen LogP contribution in [0.1, 0.15) is 22.3 Å². The maximum absolute atomic E-state index is 11.4. The van der Waals surface area contributed by atoms with Crippen molar-refractivity contribution < 1.29 is 19.4 Å². The minimum Gasteiger partial charge on any atom is -0.493 e. The summed E-state index contributed by atoms with van der Waals surface area (Å²) in [6.07, 6.45) is 0.568. The first-order chi connectivity index (χ1) is 11.5. The number of likely N-dealkylation sites (N-methyl/N-ethyl adjacent to an activating group) is 1. The molecule has 0 saturated carbocycles. The molecular formula is C17H22N2O4S. The molecule has 6 nitrogen and oxygen atoms in total. The fraction of sp³-hybridized carbons (Fsp3) is 0.412. The number of methoxy groups -OCH3 is 1. The zero-order valence-electron chi connectivity index (χ0n) is 14.3. The fourth-order valence-electron chi connectivity index (χ4n) is 2.20. The van der Waals surface area contributed by atoms with E-state index in [0.717, 1.165) is 23.4 Å². The molecule has 0 bridgehead atoms. The van der Waals surface area contributed by atoms with Crippen LogP contribution in [0.25, 0.3) is 10.6 Å². The molecule has 0 aliphatic heterocycles. The number of aromatic carboxylic acids is 1. The van der Waals surface area contributed by atoms with E-state index in [1.54, 1.807) is 7.11 Å². The minimum atomic E-state index is -0.950. The van der Waals surface area contributed by atoms with Crippen LogP contribution in [-0.4, -0.2) is 55.3 Å². The number of thiazole rings is 1. The largest absolute Gasteiger partial charge is 0.493 e. The van der Waals surface area contributed by atoms with Gasteiger partial charge in [0.25, 0.3) is 0 Å². The molecule has 1 aromatic carbocycles. The number of carboxylic acid groups (broad SMARTS) is 1. The molecular weight excluding hydrogens is 328 g/mol. The third-order valence-corrected chi connectivity index (χ3v) is 4.56. The number of aromatic nitrogens is 1. The number of hydrogen-bond donors (Lipinski definition) is 1. The summed E-state index contributed by atoms with van der Waals surface area (Å²) in [6.45, 7) is 3.15. The lowest BCUT2D eigenvalue weighted by molar-refractivity contribution is 0.0701. The number of benzene rings is 1. The van der Waals surface area contributed by atoms with Gasteiger partial charge in [-0.3, -0.25) is 0 Å². The number of nitrogens with zero attached hydrogens (tertiary/aromatic N) is 2. The Labute approximate surface area is 145 Å². The van der Waals surface area contributed by atoms with Crippen LogP contribution in [0.4, 0.5) is 0 Å². The number of ether oxygens (including phenoxy) is 2. The lowest BCUT2D eigenvalue weighted by atomic mass is 10.2. The Bertz CT molecular complexity index is 713. The molecule has 0 radical (unpaired) electrons. The van der Waals surface area contributed by atoms with Gasteiger partial charge in [0.1, 0.15) is 16.5 Å². The van der Waals surface area contributed by atoms with Gasteiger partial charge in [0.05, 0.1) is 18.4 Å². The molecule has 1 heterocycles. The Morgan fingerprint density at radius 3 is 2.67 bits per heavy atom. The van der Waals surface area contributed by atoms with Crippen molar-refractivity contribution in [2.24, 2.45) is 0 Å². The Hall–Kier alpha value is -2.12. The standard InChI is InChI=1S/C17H22N2O4S/c1-5-12-15(17(20)21)24-16(18-12)11-7-6-8-13(22-4)14(11)23-10-9-19(2)3/h6-8H,5,9-10H2,1-4H3,(H,20,21). The number of aryl methyl sites for hydroxylation is 1. The van der Waals surface area contributed by atoms with Crippen LogP contribution in [0.15, 0.2) is 18.2 Å². The van der Waals surface area contributed by atoms with Crippen LogP contribution in [0.5, 0.6) is 11.5 Å². The predicted octanol–water partition coefficient (Wildman–Crippen LogP) is 3.02. The molecule has 0 aliphatic rings. The van der Waals surface area contributed by atoms with Crippen molar-refractivity contribution >= 4 is 17.3 Å². The number of rotatable bonds is 8. The second kappa shape index (κ2) is 8.12. The van der Waals surface area contributed by atoms with Crippen LogP contribution < -0.4 is 9.47 Å². The third-order valence-electron chi connectivity index (χ3n) is 3.44. The Morgan fingerprint density at radius 1 is 1.38 bits per heavy atom. The van der Waals surface area contributed by atoms with Crippen molar-refractivity contribution in [3.63, 3.8) is 0 Å². The molecule has 0 aliphatic carbocycles. The number of hydrogen-bond acceptors (Lipinski definition) is 6. The van der Waals surface area contributed by atoms with Crippen molar-refractivity contribution in [1.82, 2.24) is 9.88 Å². The van der Waals surface area contributed by atoms with E-state index in [9.17, 15) is 9.90 Å². The van der Waals surface area contributed by atoms with Crippen molar-refractivity contribution in [3.05, 3.63) is 28.8 Å². The SMILES string of the molecule is CCc1nc(-c2cccc(OC)c2OCCN(C)C)sc1C(=O)O. The molecule has 0 amide bonds. The average Bonchev–Trinajstić information content (AvgIpc) is 2.99. The molecule has 24 heavy (non-hydrogen) atoms. The number of carboxylic acids is 1. The van der Waals surface area contributed by atoms with Crippen LogP contribution >= 0.6 is 11.3 Å². The predicted molar refractivity (Wildman–Crippen MR) is 94.5 cm³/mol. The highest BCUT2D eigenvalue weighted by Gasteiger charge is 2.21. The van der Waals surface area contributed by atoms with E-state index < -0.39 is 5.97 Å². The molecule has 2 aromatic rings. The smallest absolute Gasteiger partial charge is 0.347 e. The van der Waals surface area contributed by atoms with E-state index in [4.69, 9.17) is 9.47 Å². The van der Waals surface area contributed by atoms with Gasteiger partial charge in [0, 0.05) is 6.54 Å². The van der Waals surface area contributed by atoms with E-state index in [1.807, 2.05) is 44.1 Å². The monoisotopic (exact) mass is 350 g/mol. The van der Waals surface area contributed by atoms with E-state index in [-0.39, 0.29) is 4.88 Å². The second-order valence-corrected chi connectivity index (χ2v) is 6.44. The summed E-state index contributed by atoms with van der Waals surface area (Å²) in [4.78, 5) is 18.2. The number of carbonyl (C=O) groups is 1. The zero-order chi connectivity index (χ0) is 17.7. The first-order valence-corrected chi connectivity index (χ1v) is 8.47. The summed E-state index contributed by atoms with van der Waals surface area (Å²) in [5, 5.41) is 9.97. The van der Waals surface area contributed by atoms with E-state index in [1.165, 1.54) is 0 Å². The Kier molecular flexibility index (Phi) is 6.16. The Balaban J connectivity index is 2.44. The van der Waals surface area contributed by atoms with Crippen LogP contribution in [-0.2, 0) is 6.42 Å². The highest BCUT2D eigenvalue weighted by molar-refractivity contribution is 7.17. The summed E-state index contributed by atoms with van der Waals surface area (Å²) in [7, 11) is 5.53. The summed E-state index contributed by atoms with van der Waals surface area (Å²) >= 11 is 1.16. The van der Waals surface area contributed by atoms with Crippen molar-refractivity contribution in [3.8, 4) is 22.1 Å². The van der Waals surface area contributed by atoms with Crippen molar-refractivity contribution in [1.29, 1.82) is 0 Å². The fourth-order valence-corrected chi connectivity index (χ4v) is 3.21. The molecule has 1 N–H and O–H groups in total. The van der Waals surface area contributed by atoms with Gasteiger partial charge in [-0.2, -0.15) is 0 Å². The summed E-state index contributed by atoms with van der Waals surface area (Å²) in [5.41, 5.74) is 1.34. The molecule has 0 fully saturated rings. The average molecular weight is 350 g/mol. The van der Waals surface area contributed by atoms with E-state index in [0.29, 0.717) is 35.2 Å². The van der Waals surface area contributed by atoms with E-state index >= 15 is 0 Å². The van der Waals surface area contributed by atoms with Crippen molar-refractivity contribution in [2.75, 3.05) is 34.4 Å². The van der Waals surface area contributed by atoms with Gasteiger partial charge < -0.3 is 19.5 Å². The molecule has 7 heteroatoms. The number of para-hydroxylation sites is 1. The lowest BCUT2D eigenvalue weighted by Crippen LogP contribution is -2.19. The maximum Gasteiger partial charge on any atom is 0.347 e. The molecule has 130 valence electrons. The highest BCUT2D eigenvalue weighted by atomic mass is 32.1. The van der Waals surface area contributed by atoms with Gasteiger partial charge in [-0.1, -0.05) is 13.0 Å². The minimum absolute atomic E-state index is 0.273. The van der Waals surface area contributed by atoms with Gasteiger partial charge in [0.15, 0.2) is 11.5 Å². The quantitative estimate of drug-likeness (QED) is 0.789. The van der Waals surface area contributed by atoms with Gasteiger partial charge in [-0.15, -0.1) is 11.3 Å². The lowest BCUT2D eigenvalue weighted by Gasteiger charge is -2.15. The summed E-state index contributed by atoms with van der Waals surface area (Å²) in [6, 6.07) is 5.54. The normalized spacial score (nSPS) is 10.9. The van der Waals surface area contributed by atoms with Crippen molar-refractivity contribution in [2.45, 2.75) is 13.3 Å². The van der Waals surface area contributed by atoms with Gasteiger partial charge in [-0.05, 0) is 32.6 Å². The highest BCUT2D eigenvalue weighted by Crippen LogP contribution is 2.40. The summed E-state index contributed by atoms with van der Waals surface area (Å²) < 4.78 is 11.3. The first-order valence-electron chi connectivity index (χ1n) is 7.65. The molecule has 1 aromatic heterocycles. The van der Waals surface area contributed by atoms with Crippen LogP contribution in [0, 0.1) is 0 Å². The molecule has 0 spiro atoms. The third kappa shape index (κ3) is 4.04. The molecule has 2 rings (SSSR count). The Morgan fingerprint density at radius 2 is 2.12 bits per heavy atom.